The number of benzene rings is 1. The van der Waals surface area contributed by atoms with Crippen molar-refractivity contribution in [1.82, 2.24) is 0 Å². The first-order valence-electron chi connectivity index (χ1n) is 3.72. The van der Waals surface area contributed by atoms with Crippen molar-refractivity contribution in [1.29, 1.82) is 0 Å². The van der Waals surface area contributed by atoms with Gasteiger partial charge in [-0.1, -0.05) is 13.0 Å². The van der Waals surface area contributed by atoms with Gasteiger partial charge in [0.1, 0.15) is 11.5 Å². The third-order valence-electron chi connectivity index (χ3n) is 1.34. The van der Waals surface area contributed by atoms with Crippen molar-refractivity contribution in [2.45, 2.75) is 13.3 Å². The summed E-state index contributed by atoms with van der Waals surface area (Å²) in [6, 6.07) is 6.15. The molecule has 0 saturated carbocycles. The Bertz CT molecular complexity index is 291. The van der Waals surface area contributed by atoms with Gasteiger partial charge in [0.05, 0.1) is 0 Å². The van der Waals surface area contributed by atoms with Crippen molar-refractivity contribution in [2.75, 3.05) is 0 Å². The molecule has 0 aliphatic rings. The molecular formula is C9H11NaO3. The Morgan fingerprint density at radius 3 is 2.85 bits per heavy atom. The van der Waals surface area contributed by atoms with E-state index >= 15 is 0 Å². The van der Waals surface area contributed by atoms with Crippen molar-refractivity contribution >= 4 is 5.97 Å². The number of ether oxygens (including phenoxy) is 1. The third-order valence-corrected chi connectivity index (χ3v) is 1.34. The summed E-state index contributed by atoms with van der Waals surface area (Å²) in [5.74, 6) is 0.166. The number of esters is 1. The normalized spacial score (nSPS) is 8.69. The van der Waals surface area contributed by atoms with Crippen LogP contribution in [0, 0.1) is 0 Å². The molecule has 0 unspecified atom stereocenters. The molecule has 1 aromatic carbocycles. The molecule has 1 rings (SSSR count). The summed E-state index contributed by atoms with van der Waals surface area (Å²) >= 11 is 0. The molecule has 66 valence electrons. The van der Waals surface area contributed by atoms with Crippen LogP contribution >= 0.6 is 0 Å². The van der Waals surface area contributed by atoms with E-state index in [9.17, 15) is 4.79 Å². The number of carbonyl (C=O) groups excluding carboxylic acids is 1. The van der Waals surface area contributed by atoms with Crippen LogP contribution in [0.25, 0.3) is 0 Å². The van der Waals surface area contributed by atoms with E-state index < -0.39 is 0 Å². The van der Waals surface area contributed by atoms with Gasteiger partial charge < -0.3 is 11.3 Å². The zero-order valence-electron chi connectivity index (χ0n) is 8.78. The first-order valence-corrected chi connectivity index (χ1v) is 3.72. The zero-order valence-corrected chi connectivity index (χ0v) is 9.78. The third kappa shape index (κ3) is 4.31. The molecule has 0 aliphatic heterocycles. The Hall–Kier alpha value is -0.510. The molecule has 0 spiro atoms. The Balaban J connectivity index is 0. The van der Waals surface area contributed by atoms with Crippen LogP contribution in [0.2, 0.25) is 0 Å². The average molecular weight is 190 g/mol. The van der Waals surface area contributed by atoms with Crippen molar-refractivity contribution in [2.24, 2.45) is 0 Å². The summed E-state index contributed by atoms with van der Waals surface area (Å²) in [4.78, 5) is 10.8. The van der Waals surface area contributed by atoms with E-state index in [0.29, 0.717) is 12.2 Å². The topological polar surface area (TPSA) is 46.5 Å². The fourth-order valence-corrected chi connectivity index (χ4v) is 0.751. The molecule has 3 nitrogen and oxygen atoms in total. The maximum atomic E-state index is 10.8. The predicted octanol–water partition coefficient (Wildman–Crippen LogP) is -1.18. The van der Waals surface area contributed by atoms with Crippen molar-refractivity contribution in [3.05, 3.63) is 24.3 Å². The molecule has 0 saturated heterocycles. The molecule has 4 heteroatoms. The first kappa shape index (κ1) is 12.5. The minimum Gasteiger partial charge on any atom is -1.00 e. The van der Waals surface area contributed by atoms with E-state index in [1.54, 1.807) is 19.1 Å². The summed E-state index contributed by atoms with van der Waals surface area (Å²) in [6.07, 6.45) is 0.329. The predicted molar refractivity (Wildman–Crippen MR) is 45.1 cm³/mol. The van der Waals surface area contributed by atoms with Crippen LogP contribution in [0.5, 0.6) is 11.5 Å². The van der Waals surface area contributed by atoms with Crippen LogP contribution in [-0.2, 0) is 4.79 Å². The molecule has 0 bridgehead atoms. The quantitative estimate of drug-likeness (QED) is 0.363. The van der Waals surface area contributed by atoms with Crippen LogP contribution < -0.4 is 34.3 Å². The summed E-state index contributed by atoms with van der Waals surface area (Å²) in [5.41, 5.74) is 0. The van der Waals surface area contributed by atoms with E-state index in [2.05, 4.69) is 0 Å². The molecular weight excluding hydrogens is 179 g/mol. The fourth-order valence-electron chi connectivity index (χ4n) is 0.751. The van der Waals surface area contributed by atoms with E-state index in [1.807, 2.05) is 0 Å². The number of phenolic OH excluding ortho intramolecular Hbond substituents is 1. The maximum Gasteiger partial charge on any atom is 1.00 e. The second kappa shape index (κ2) is 6.02. The van der Waals surface area contributed by atoms with Crippen LogP contribution in [0.4, 0.5) is 0 Å². The average Bonchev–Trinajstić information content (AvgIpc) is 2.04. The Labute approximate surface area is 100 Å². The summed E-state index contributed by atoms with van der Waals surface area (Å²) in [5, 5.41) is 9.01. The molecule has 1 aromatic rings. The minimum atomic E-state index is -0.305. The monoisotopic (exact) mass is 190 g/mol. The van der Waals surface area contributed by atoms with E-state index in [1.165, 1.54) is 12.1 Å². The largest absolute Gasteiger partial charge is 1.00 e. The second-order valence-electron chi connectivity index (χ2n) is 2.32. The smallest absolute Gasteiger partial charge is 1.00 e. The number of aromatic hydroxyl groups is 1. The Morgan fingerprint density at radius 1 is 1.62 bits per heavy atom. The van der Waals surface area contributed by atoms with Crippen molar-refractivity contribution in [3.8, 4) is 11.5 Å². The van der Waals surface area contributed by atoms with Gasteiger partial charge in [-0.05, 0) is 12.1 Å². The fraction of sp³-hybridized carbons (Fsp3) is 0.222. The molecule has 0 fully saturated rings. The molecule has 0 amide bonds. The van der Waals surface area contributed by atoms with Gasteiger partial charge in [0.15, 0.2) is 0 Å². The Morgan fingerprint density at radius 2 is 2.31 bits per heavy atom. The van der Waals surface area contributed by atoms with Crippen LogP contribution in [0.1, 0.15) is 14.8 Å². The van der Waals surface area contributed by atoms with Gasteiger partial charge in [-0.15, -0.1) is 0 Å². The van der Waals surface area contributed by atoms with E-state index in [-0.39, 0.29) is 42.7 Å². The molecule has 13 heavy (non-hydrogen) atoms. The number of rotatable bonds is 2. The molecule has 1 N–H and O–H groups in total. The SMILES string of the molecule is CCC(=O)Oc1cccc(O)c1.[H-].[Na+]. The maximum absolute atomic E-state index is 10.8. The van der Waals surface area contributed by atoms with Gasteiger partial charge in [0.2, 0.25) is 0 Å². The summed E-state index contributed by atoms with van der Waals surface area (Å²) < 4.78 is 4.85. The molecule has 0 heterocycles. The van der Waals surface area contributed by atoms with Crippen LogP contribution in [0.15, 0.2) is 24.3 Å². The molecule has 0 atom stereocenters. The van der Waals surface area contributed by atoms with Gasteiger partial charge in [-0.3, -0.25) is 4.79 Å². The Kier molecular flexibility index (Phi) is 5.79. The van der Waals surface area contributed by atoms with E-state index in [4.69, 9.17) is 9.84 Å². The number of carbonyl (C=O) groups is 1. The van der Waals surface area contributed by atoms with Gasteiger partial charge in [-0.25, -0.2) is 0 Å². The van der Waals surface area contributed by atoms with Crippen LogP contribution in [-0.4, -0.2) is 11.1 Å². The van der Waals surface area contributed by atoms with Gasteiger partial charge >= 0.3 is 35.5 Å². The van der Waals surface area contributed by atoms with Crippen LogP contribution in [0.3, 0.4) is 0 Å². The number of hydrogen-bond donors (Lipinski definition) is 1. The minimum absolute atomic E-state index is 0. The second-order valence-corrected chi connectivity index (χ2v) is 2.32. The van der Waals surface area contributed by atoms with E-state index in [0.717, 1.165) is 0 Å². The summed E-state index contributed by atoms with van der Waals surface area (Å²) in [6.45, 7) is 1.71. The van der Waals surface area contributed by atoms with Gasteiger partial charge in [-0.2, -0.15) is 0 Å². The first-order chi connectivity index (χ1) is 5.72. The van der Waals surface area contributed by atoms with Gasteiger partial charge in [0.25, 0.3) is 0 Å². The molecule has 0 aliphatic carbocycles. The standard InChI is InChI=1S/C9H10O3.Na.H/c1-2-9(11)12-8-5-3-4-7(10)6-8;;/h3-6,10H,2H2,1H3;;/q;+1;-1. The van der Waals surface area contributed by atoms with Gasteiger partial charge in [0, 0.05) is 12.5 Å². The zero-order chi connectivity index (χ0) is 8.97. The number of hydrogen-bond acceptors (Lipinski definition) is 3. The van der Waals surface area contributed by atoms with Crippen molar-refractivity contribution < 1.29 is 45.6 Å². The van der Waals surface area contributed by atoms with Crippen molar-refractivity contribution in [3.63, 3.8) is 0 Å². The molecule has 0 aromatic heterocycles. The molecule has 0 radical (unpaired) electrons. The summed E-state index contributed by atoms with van der Waals surface area (Å²) in [7, 11) is 0. The number of phenols is 1.